The van der Waals surface area contributed by atoms with E-state index in [4.69, 9.17) is 4.74 Å². The molecule has 0 aromatic carbocycles. The fourth-order valence-electron chi connectivity index (χ4n) is 2.18. The zero-order chi connectivity index (χ0) is 18.4. The van der Waals surface area contributed by atoms with Crippen molar-refractivity contribution in [3.8, 4) is 0 Å². The number of carbonyl (C=O) groups is 1. The normalized spacial score (nSPS) is 12.5. The highest BCUT2D eigenvalue weighted by Crippen LogP contribution is 1.99. The second-order valence-corrected chi connectivity index (χ2v) is 6.09. The van der Waals surface area contributed by atoms with Gasteiger partial charge in [0.1, 0.15) is 6.54 Å². The van der Waals surface area contributed by atoms with Crippen LogP contribution in [0, 0.1) is 0 Å². The van der Waals surface area contributed by atoms with Crippen molar-refractivity contribution in [2.45, 2.75) is 39.7 Å². The molecule has 0 heterocycles. The van der Waals surface area contributed by atoms with E-state index in [1.807, 2.05) is 0 Å². The van der Waals surface area contributed by atoms with Gasteiger partial charge in [-0.15, -0.1) is 24.0 Å². The highest BCUT2D eigenvalue weighted by atomic mass is 127. The molecule has 0 aliphatic rings. The van der Waals surface area contributed by atoms with Gasteiger partial charge in [-0.1, -0.05) is 13.8 Å². The Kier molecular flexibility index (Phi) is 17.9. The minimum Gasteiger partial charge on any atom is -0.383 e. The first-order valence-electron chi connectivity index (χ1n) is 8.90. The predicted molar refractivity (Wildman–Crippen MR) is 116 cm³/mol. The molecule has 0 aliphatic heterocycles. The Balaban J connectivity index is 0. The lowest BCUT2D eigenvalue weighted by Gasteiger charge is -2.21. The van der Waals surface area contributed by atoms with E-state index in [-0.39, 0.29) is 36.4 Å². The SMILES string of the molecule is CCN(CC)CCCC(C)NC(=NCC(=O)N(C)C)NCCOC.I. The lowest BCUT2D eigenvalue weighted by molar-refractivity contribution is -0.127. The minimum absolute atomic E-state index is 0. The zero-order valence-corrected chi connectivity index (χ0v) is 19.1. The van der Waals surface area contributed by atoms with Gasteiger partial charge in [-0.2, -0.15) is 0 Å². The monoisotopic (exact) mass is 471 g/mol. The minimum atomic E-state index is -0.0166. The van der Waals surface area contributed by atoms with Crippen LogP contribution in [0.15, 0.2) is 4.99 Å². The van der Waals surface area contributed by atoms with Crippen molar-refractivity contribution in [2.75, 3.05) is 60.5 Å². The molecule has 0 bridgehead atoms. The van der Waals surface area contributed by atoms with Gasteiger partial charge < -0.3 is 25.2 Å². The lowest BCUT2D eigenvalue weighted by atomic mass is 10.2. The van der Waals surface area contributed by atoms with Crippen molar-refractivity contribution in [1.29, 1.82) is 0 Å². The van der Waals surface area contributed by atoms with E-state index in [0.29, 0.717) is 25.2 Å². The quantitative estimate of drug-likeness (QED) is 0.195. The van der Waals surface area contributed by atoms with Crippen LogP contribution in [-0.2, 0) is 9.53 Å². The molecule has 0 spiro atoms. The molecule has 1 unspecified atom stereocenters. The van der Waals surface area contributed by atoms with E-state index in [1.165, 1.54) is 0 Å². The Morgan fingerprint density at radius 3 is 2.40 bits per heavy atom. The van der Waals surface area contributed by atoms with Crippen LogP contribution in [0.5, 0.6) is 0 Å². The van der Waals surface area contributed by atoms with Crippen molar-refractivity contribution in [3.63, 3.8) is 0 Å². The average molecular weight is 471 g/mol. The third kappa shape index (κ3) is 14.3. The molecule has 0 saturated heterocycles. The van der Waals surface area contributed by atoms with Crippen LogP contribution in [-0.4, -0.2) is 88.2 Å². The van der Waals surface area contributed by atoms with Crippen LogP contribution >= 0.6 is 24.0 Å². The van der Waals surface area contributed by atoms with E-state index in [9.17, 15) is 4.79 Å². The molecule has 1 amide bonds. The van der Waals surface area contributed by atoms with Crippen LogP contribution < -0.4 is 10.6 Å². The summed E-state index contributed by atoms with van der Waals surface area (Å²) in [6.07, 6.45) is 2.20. The second kappa shape index (κ2) is 16.8. The molecule has 0 radical (unpaired) electrons. The molecule has 25 heavy (non-hydrogen) atoms. The molecule has 0 saturated carbocycles. The number of likely N-dealkylation sites (N-methyl/N-ethyl adjacent to an activating group) is 1. The largest absolute Gasteiger partial charge is 0.383 e. The van der Waals surface area contributed by atoms with Crippen molar-refractivity contribution in [3.05, 3.63) is 0 Å². The van der Waals surface area contributed by atoms with E-state index >= 15 is 0 Å². The molecular formula is C17H38IN5O2. The molecule has 0 aromatic heterocycles. The maximum absolute atomic E-state index is 11.7. The number of halogens is 1. The van der Waals surface area contributed by atoms with Gasteiger partial charge in [0.25, 0.3) is 0 Å². The van der Waals surface area contributed by atoms with E-state index in [1.54, 1.807) is 26.1 Å². The number of aliphatic imine (C=N–C) groups is 1. The Bertz CT molecular complexity index is 363. The van der Waals surface area contributed by atoms with Gasteiger partial charge in [-0.05, 0) is 39.4 Å². The molecule has 2 N–H and O–H groups in total. The molecule has 1 atom stereocenters. The highest BCUT2D eigenvalue weighted by molar-refractivity contribution is 14.0. The molecule has 0 aliphatic carbocycles. The predicted octanol–water partition coefficient (Wildman–Crippen LogP) is 1.38. The van der Waals surface area contributed by atoms with Crippen LogP contribution in [0.2, 0.25) is 0 Å². The molecule has 7 nitrogen and oxygen atoms in total. The number of carbonyl (C=O) groups excluding carboxylic acids is 1. The third-order valence-corrected chi connectivity index (χ3v) is 3.86. The molecule has 150 valence electrons. The molecule has 0 rings (SSSR count). The molecule has 8 heteroatoms. The Morgan fingerprint density at radius 2 is 1.88 bits per heavy atom. The fourth-order valence-corrected chi connectivity index (χ4v) is 2.18. The van der Waals surface area contributed by atoms with Crippen molar-refractivity contribution < 1.29 is 9.53 Å². The summed E-state index contributed by atoms with van der Waals surface area (Å²) in [7, 11) is 5.13. The number of nitrogens with zero attached hydrogens (tertiary/aromatic N) is 3. The summed E-state index contributed by atoms with van der Waals surface area (Å²) < 4.78 is 5.05. The molecule has 0 fully saturated rings. The number of hydrogen-bond donors (Lipinski definition) is 2. The fraction of sp³-hybridized carbons (Fsp3) is 0.882. The summed E-state index contributed by atoms with van der Waals surface area (Å²) in [5.74, 6) is 0.648. The van der Waals surface area contributed by atoms with Crippen molar-refractivity contribution >= 4 is 35.8 Å². The van der Waals surface area contributed by atoms with Crippen LogP contribution in [0.4, 0.5) is 0 Å². The zero-order valence-electron chi connectivity index (χ0n) is 16.8. The summed E-state index contributed by atoms with van der Waals surface area (Å²) in [5.41, 5.74) is 0. The van der Waals surface area contributed by atoms with Gasteiger partial charge in [0.2, 0.25) is 5.91 Å². The molecular weight excluding hydrogens is 433 g/mol. The van der Waals surface area contributed by atoms with Crippen LogP contribution in [0.3, 0.4) is 0 Å². The summed E-state index contributed by atoms with van der Waals surface area (Å²) in [6.45, 7) is 11.2. The number of nitrogens with one attached hydrogen (secondary N) is 2. The summed E-state index contributed by atoms with van der Waals surface area (Å²) >= 11 is 0. The summed E-state index contributed by atoms with van der Waals surface area (Å²) in [6, 6.07) is 0.295. The first kappa shape index (κ1) is 26.6. The van der Waals surface area contributed by atoms with Gasteiger partial charge in [0.15, 0.2) is 5.96 Å². The van der Waals surface area contributed by atoms with Crippen LogP contribution in [0.25, 0.3) is 0 Å². The summed E-state index contributed by atoms with van der Waals surface area (Å²) in [5, 5.41) is 6.57. The van der Waals surface area contributed by atoms with Gasteiger partial charge >= 0.3 is 0 Å². The lowest BCUT2D eigenvalue weighted by Crippen LogP contribution is -2.44. The van der Waals surface area contributed by atoms with E-state index in [2.05, 4.69) is 41.3 Å². The maximum Gasteiger partial charge on any atom is 0.243 e. The summed E-state index contributed by atoms with van der Waals surface area (Å²) in [4.78, 5) is 20.0. The van der Waals surface area contributed by atoms with Gasteiger partial charge in [-0.3, -0.25) is 4.79 Å². The van der Waals surface area contributed by atoms with E-state index < -0.39 is 0 Å². The highest BCUT2D eigenvalue weighted by Gasteiger charge is 2.08. The van der Waals surface area contributed by atoms with Crippen LogP contribution in [0.1, 0.15) is 33.6 Å². The van der Waals surface area contributed by atoms with Crippen molar-refractivity contribution in [2.24, 2.45) is 4.99 Å². The number of ether oxygens (including phenoxy) is 1. The second-order valence-electron chi connectivity index (χ2n) is 6.09. The van der Waals surface area contributed by atoms with Gasteiger partial charge in [0.05, 0.1) is 6.61 Å². The Morgan fingerprint density at radius 1 is 1.24 bits per heavy atom. The van der Waals surface area contributed by atoms with Gasteiger partial charge in [0, 0.05) is 33.8 Å². The van der Waals surface area contributed by atoms with E-state index in [0.717, 1.165) is 32.5 Å². The first-order chi connectivity index (χ1) is 11.4. The number of amides is 1. The molecule has 0 aromatic rings. The number of methoxy groups -OCH3 is 1. The number of guanidine groups is 1. The average Bonchev–Trinajstić information content (AvgIpc) is 2.56. The topological polar surface area (TPSA) is 69.2 Å². The number of hydrogen-bond acceptors (Lipinski definition) is 4. The smallest absolute Gasteiger partial charge is 0.243 e. The standard InChI is InChI=1S/C17H37N5O2.HI/c1-7-22(8-2)12-9-10-15(3)20-17(18-11-13-24-6)19-14-16(23)21(4)5;/h15H,7-14H2,1-6H3,(H2,18,19,20);1H. The maximum atomic E-state index is 11.7. The first-order valence-corrected chi connectivity index (χ1v) is 8.90. The van der Waals surface area contributed by atoms with Crippen molar-refractivity contribution in [1.82, 2.24) is 20.4 Å². The number of rotatable bonds is 12. The third-order valence-electron chi connectivity index (χ3n) is 3.86. The van der Waals surface area contributed by atoms with Gasteiger partial charge in [-0.25, -0.2) is 4.99 Å². The Hall–Kier alpha value is -0.610. The Labute approximate surface area is 171 Å².